The number of hydrogen-bond acceptors (Lipinski definition) is 3. The summed E-state index contributed by atoms with van der Waals surface area (Å²) in [6.45, 7) is 0. The number of carbonyl (C=O) groups excluding carboxylic acids is 2. The first-order chi connectivity index (χ1) is 12.0. The molecule has 3 rings (SSSR count). The predicted molar refractivity (Wildman–Crippen MR) is 98.4 cm³/mol. The van der Waals surface area contributed by atoms with Crippen LogP contribution in [-0.2, 0) is 0 Å². The van der Waals surface area contributed by atoms with E-state index in [1.807, 2.05) is 0 Å². The molecule has 1 aromatic heterocycles. The third kappa shape index (κ3) is 4.30. The summed E-state index contributed by atoms with van der Waals surface area (Å²) < 4.78 is 0. The zero-order valence-electron chi connectivity index (χ0n) is 13.4. The van der Waals surface area contributed by atoms with Crippen molar-refractivity contribution < 1.29 is 9.59 Å². The molecule has 0 bridgehead atoms. The highest BCUT2D eigenvalue weighted by Crippen LogP contribution is 2.30. The second kappa shape index (κ2) is 7.85. The summed E-state index contributed by atoms with van der Waals surface area (Å²) in [6.07, 6.45) is 5.65. The predicted octanol–water partition coefficient (Wildman–Crippen LogP) is 4.31. The Bertz CT molecular complexity index is 784. The Morgan fingerprint density at radius 3 is 2.40 bits per heavy atom. The van der Waals surface area contributed by atoms with Gasteiger partial charge in [-0.05, 0) is 37.1 Å². The molecule has 130 valence electrons. The number of nitrogens with zero attached hydrogens (tertiary/aromatic N) is 1. The number of hydrogen-bond donors (Lipinski definition) is 2. The van der Waals surface area contributed by atoms with Crippen LogP contribution in [0.1, 0.15) is 46.5 Å². The van der Waals surface area contributed by atoms with Crippen molar-refractivity contribution in [2.75, 3.05) is 5.32 Å². The molecule has 25 heavy (non-hydrogen) atoms. The smallest absolute Gasteiger partial charge is 0.270 e. The average molecular weight is 378 g/mol. The van der Waals surface area contributed by atoms with Crippen LogP contribution in [0, 0.1) is 0 Å². The Labute approximate surface area is 155 Å². The molecule has 0 aliphatic heterocycles. The van der Waals surface area contributed by atoms with Gasteiger partial charge in [0.05, 0.1) is 15.7 Å². The minimum atomic E-state index is -0.410. The van der Waals surface area contributed by atoms with Crippen molar-refractivity contribution in [2.24, 2.45) is 0 Å². The molecule has 2 amide bonds. The van der Waals surface area contributed by atoms with Crippen LogP contribution >= 0.6 is 23.2 Å². The highest BCUT2D eigenvalue weighted by Gasteiger charge is 2.19. The summed E-state index contributed by atoms with van der Waals surface area (Å²) >= 11 is 12.1. The Morgan fingerprint density at radius 1 is 1.04 bits per heavy atom. The van der Waals surface area contributed by atoms with Gasteiger partial charge in [-0.3, -0.25) is 14.6 Å². The number of carbonyl (C=O) groups is 2. The van der Waals surface area contributed by atoms with E-state index < -0.39 is 5.91 Å². The minimum Gasteiger partial charge on any atom is -0.348 e. The van der Waals surface area contributed by atoms with E-state index in [4.69, 9.17) is 23.2 Å². The van der Waals surface area contributed by atoms with Gasteiger partial charge in [-0.2, -0.15) is 0 Å². The third-order valence-corrected chi connectivity index (χ3v) is 4.78. The first kappa shape index (κ1) is 17.7. The Morgan fingerprint density at radius 2 is 1.72 bits per heavy atom. The number of benzene rings is 1. The summed E-state index contributed by atoms with van der Waals surface area (Å²) in [4.78, 5) is 28.8. The molecule has 0 radical (unpaired) electrons. The van der Waals surface area contributed by atoms with Crippen LogP contribution in [0.15, 0.2) is 36.5 Å². The quantitative estimate of drug-likeness (QED) is 0.833. The maximum absolute atomic E-state index is 12.5. The SMILES string of the molecule is O=C(Nc1c(Cl)cccc1Cl)c1ccnc(C(=O)NC2CCCC2)c1. The van der Waals surface area contributed by atoms with Gasteiger partial charge in [0.15, 0.2) is 0 Å². The molecule has 1 fully saturated rings. The van der Waals surface area contributed by atoms with Crippen LogP contribution in [0.4, 0.5) is 5.69 Å². The van der Waals surface area contributed by atoms with Crippen molar-refractivity contribution >= 4 is 40.7 Å². The van der Waals surface area contributed by atoms with Crippen molar-refractivity contribution in [1.82, 2.24) is 10.3 Å². The van der Waals surface area contributed by atoms with Crippen molar-refractivity contribution in [3.8, 4) is 0 Å². The summed E-state index contributed by atoms with van der Waals surface area (Å²) in [5, 5.41) is 6.31. The standard InChI is InChI=1S/C18H17Cl2N3O2/c19-13-6-3-7-14(20)16(13)23-17(24)11-8-9-21-15(10-11)18(25)22-12-4-1-2-5-12/h3,6-10,12H,1-2,4-5H2,(H,22,25)(H,23,24). The van der Waals surface area contributed by atoms with Gasteiger partial charge < -0.3 is 10.6 Å². The van der Waals surface area contributed by atoms with Crippen LogP contribution in [0.2, 0.25) is 10.0 Å². The van der Waals surface area contributed by atoms with Crippen LogP contribution in [0.3, 0.4) is 0 Å². The monoisotopic (exact) mass is 377 g/mol. The van der Waals surface area contributed by atoms with Crippen molar-refractivity contribution in [3.63, 3.8) is 0 Å². The lowest BCUT2D eigenvalue weighted by Crippen LogP contribution is -2.33. The average Bonchev–Trinajstić information content (AvgIpc) is 3.11. The fourth-order valence-electron chi connectivity index (χ4n) is 2.83. The Balaban J connectivity index is 1.74. The van der Waals surface area contributed by atoms with Crippen molar-refractivity contribution in [3.05, 3.63) is 57.8 Å². The van der Waals surface area contributed by atoms with Crippen molar-refractivity contribution in [2.45, 2.75) is 31.7 Å². The first-order valence-electron chi connectivity index (χ1n) is 8.07. The normalized spacial score (nSPS) is 14.3. The highest BCUT2D eigenvalue weighted by molar-refractivity contribution is 6.40. The molecule has 1 aliphatic rings. The molecule has 1 saturated carbocycles. The summed E-state index contributed by atoms with van der Waals surface area (Å²) in [7, 11) is 0. The molecule has 0 spiro atoms. The third-order valence-electron chi connectivity index (χ3n) is 4.15. The zero-order valence-corrected chi connectivity index (χ0v) is 14.9. The lowest BCUT2D eigenvalue weighted by atomic mass is 10.2. The largest absolute Gasteiger partial charge is 0.348 e. The molecular weight excluding hydrogens is 361 g/mol. The zero-order chi connectivity index (χ0) is 17.8. The number of aromatic nitrogens is 1. The number of rotatable bonds is 4. The summed E-state index contributed by atoms with van der Waals surface area (Å²) in [6, 6.07) is 8.15. The van der Waals surface area contributed by atoms with Crippen LogP contribution in [0.5, 0.6) is 0 Å². The maximum Gasteiger partial charge on any atom is 0.270 e. The van der Waals surface area contributed by atoms with E-state index in [2.05, 4.69) is 15.6 Å². The molecule has 2 N–H and O–H groups in total. The molecule has 2 aromatic rings. The number of amides is 2. The van der Waals surface area contributed by atoms with E-state index in [-0.39, 0.29) is 17.6 Å². The number of pyridine rings is 1. The van der Waals surface area contributed by atoms with Crippen LogP contribution < -0.4 is 10.6 Å². The summed E-state index contributed by atoms with van der Waals surface area (Å²) in [5.74, 6) is -0.676. The fourth-order valence-corrected chi connectivity index (χ4v) is 3.32. The van der Waals surface area contributed by atoms with Gasteiger partial charge in [0, 0.05) is 17.8 Å². The maximum atomic E-state index is 12.5. The molecule has 0 saturated heterocycles. The number of halogens is 2. The van der Waals surface area contributed by atoms with E-state index >= 15 is 0 Å². The second-order valence-electron chi connectivity index (χ2n) is 5.94. The van der Waals surface area contributed by atoms with Crippen LogP contribution in [-0.4, -0.2) is 22.8 Å². The molecule has 0 unspecified atom stereocenters. The van der Waals surface area contributed by atoms with Gasteiger partial charge in [-0.15, -0.1) is 0 Å². The van der Waals surface area contributed by atoms with E-state index in [1.165, 1.54) is 18.3 Å². The molecule has 1 aliphatic carbocycles. The van der Waals surface area contributed by atoms with E-state index in [0.29, 0.717) is 21.3 Å². The van der Waals surface area contributed by atoms with E-state index in [0.717, 1.165) is 25.7 Å². The van der Waals surface area contributed by atoms with Crippen molar-refractivity contribution in [1.29, 1.82) is 0 Å². The minimum absolute atomic E-state index is 0.189. The van der Waals surface area contributed by atoms with E-state index in [9.17, 15) is 9.59 Å². The number of para-hydroxylation sites is 1. The van der Waals surface area contributed by atoms with Gasteiger partial charge in [0.25, 0.3) is 11.8 Å². The fraction of sp³-hybridized carbons (Fsp3) is 0.278. The lowest BCUT2D eigenvalue weighted by Gasteiger charge is -2.12. The second-order valence-corrected chi connectivity index (χ2v) is 6.75. The molecule has 5 nitrogen and oxygen atoms in total. The highest BCUT2D eigenvalue weighted by atomic mass is 35.5. The molecular formula is C18H17Cl2N3O2. The van der Waals surface area contributed by atoms with E-state index in [1.54, 1.807) is 18.2 Å². The first-order valence-corrected chi connectivity index (χ1v) is 8.82. The molecule has 1 aromatic carbocycles. The van der Waals surface area contributed by atoms with Gasteiger partial charge in [-0.25, -0.2) is 0 Å². The van der Waals surface area contributed by atoms with Gasteiger partial charge in [0.1, 0.15) is 5.69 Å². The summed E-state index contributed by atoms with van der Waals surface area (Å²) in [5.41, 5.74) is 0.858. The van der Waals surface area contributed by atoms with Crippen LogP contribution in [0.25, 0.3) is 0 Å². The number of anilines is 1. The topological polar surface area (TPSA) is 71.1 Å². The molecule has 0 atom stereocenters. The molecule has 1 heterocycles. The van der Waals surface area contributed by atoms with Gasteiger partial charge in [-0.1, -0.05) is 42.1 Å². The number of nitrogens with one attached hydrogen (secondary N) is 2. The Hall–Kier alpha value is -2.11. The lowest BCUT2D eigenvalue weighted by molar-refractivity contribution is 0.0933. The van der Waals surface area contributed by atoms with Gasteiger partial charge in [0.2, 0.25) is 0 Å². The van der Waals surface area contributed by atoms with Gasteiger partial charge >= 0.3 is 0 Å². The Kier molecular flexibility index (Phi) is 5.56. The molecule has 7 heteroatoms.